The molecule has 2 bridgehead atoms. The Morgan fingerprint density at radius 2 is 1.90 bits per heavy atom. The Balaban J connectivity index is 1.80. The second kappa shape index (κ2) is 3.93. The number of anilines is 1. The number of fused-ring (bicyclic) bond motifs is 5. The molecule has 0 radical (unpaired) electrons. The van der Waals surface area contributed by atoms with Crippen molar-refractivity contribution >= 4 is 40.1 Å². The van der Waals surface area contributed by atoms with E-state index in [9.17, 15) is 9.59 Å². The number of allylic oxidation sites excluding steroid dienone is 2. The minimum absolute atomic E-state index is 0.0180. The van der Waals surface area contributed by atoms with Crippen molar-refractivity contribution in [2.75, 3.05) is 4.90 Å². The number of imide groups is 1. The number of carbonyl (C=O) groups is 2. The standard InChI is InChI=1S/C16H14INO2/c1-16-10-3-2-9(8-10)13(16)14(19)18(15(16)20)12-6-4-11(17)5-7-12/h2-7,9-10,13H,8H2,1H3/t9-,10-,13-,16+/m1/s1. The molecule has 2 aliphatic carbocycles. The maximum atomic E-state index is 12.9. The van der Waals surface area contributed by atoms with Crippen LogP contribution in [-0.2, 0) is 9.59 Å². The van der Waals surface area contributed by atoms with Gasteiger partial charge in [0.1, 0.15) is 0 Å². The molecule has 20 heavy (non-hydrogen) atoms. The van der Waals surface area contributed by atoms with Gasteiger partial charge in [0.05, 0.1) is 17.0 Å². The van der Waals surface area contributed by atoms with Gasteiger partial charge in [0, 0.05) is 3.57 Å². The molecular formula is C16H14INO2. The molecule has 4 rings (SSSR count). The lowest BCUT2D eigenvalue weighted by Gasteiger charge is -2.28. The zero-order valence-electron chi connectivity index (χ0n) is 11.0. The summed E-state index contributed by atoms with van der Waals surface area (Å²) < 4.78 is 1.10. The van der Waals surface area contributed by atoms with E-state index >= 15 is 0 Å². The first-order valence-corrected chi connectivity index (χ1v) is 7.93. The van der Waals surface area contributed by atoms with E-state index in [0.29, 0.717) is 5.69 Å². The topological polar surface area (TPSA) is 37.4 Å². The zero-order valence-corrected chi connectivity index (χ0v) is 13.2. The van der Waals surface area contributed by atoms with Crippen LogP contribution in [0.25, 0.3) is 0 Å². The van der Waals surface area contributed by atoms with Crippen LogP contribution in [0, 0.1) is 26.7 Å². The van der Waals surface area contributed by atoms with Gasteiger partial charge >= 0.3 is 0 Å². The predicted molar refractivity (Wildman–Crippen MR) is 84.0 cm³/mol. The van der Waals surface area contributed by atoms with Crippen molar-refractivity contribution in [2.24, 2.45) is 23.2 Å². The summed E-state index contributed by atoms with van der Waals surface area (Å²) in [6.07, 6.45) is 5.21. The highest BCUT2D eigenvalue weighted by atomic mass is 127. The van der Waals surface area contributed by atoms with Gasteiger partial charge < -0.3 is 0 Å². The summed E-state index contributed by atoms with van der Waals surface area (Å²) in [5.41, 5.74) is 0.176. The van der Waals surface area contributed by atoms with E-state index in [4.69, 9.17) is 0 Å². The van der Waals surface area contributed by atoms with E-state index < -0.39 is 5.41 Å². The number of nitrogens with zero attached hydrogens (tertiary/aromatic N) is 1. The van der Waals surface area contributed by atoms with Crippen molar-refractivity contribution in [1.29, 1.82) is 0 Å². The minimum Gasteiger partial charge on any atom is -0.274 e. The Kier molecular flexibility index (Phi) is 2.47. The number of hydrogen-bond acceptors (Lipinski definition) is 2. The van der Waals surface area contributed by atoms with E-state index in [2.05, 4.69) is 34.7 Å². The van der Waals surface area contributed by atoms with Gasteiger partial charge in [-0.2, -0.15) is 0 Å². The Morgan fingerprint density at radius 1 is 1.20 bits per heavy atom. The second-order valence-electron chi connectivity index (χ2n) is 6.11. The normalized spacial score (nSPS) is 37.9. The van der Waals surface area contributed by atoms with E-state index in [0.717, 1.165) is 9.99 Å². The van der Waals surface area contributed by atoms with Crippen LogP contribution in [0.2, 0.25) is 0 Å². The van der Waals surface area contributed by atoms with E-state index in [1.165, 1.54) is 4.90 Å². The molecule has 4 heteroatoms. The molecule has 102 valence electrons. The Morgan fingerprint density at radius 3 is 2.55 bits per heavy atom. The van der Waals surface area contributed by atoms with Crippen LogP contribution < -0.4 is 4.90 Å². The third-order valence-corrected chi connectivity index (χ3v) is 5.92. The maximum Gasteiger partial charge on any atom is 0.241 e. The number of halogens is 1. The van der Waals surface area contributed by atoms with E-state index in [1.54, 1.807) is 0 Å². The SMILES string of the molecule is C[C@@]12C(=O)N(c3ccc(I)cc3)C(=O)[C@H]1[C@@H]1C=C[C@@H]2C1. The van der Waals surface area contributed by atoms with Crippen molar-refractivity contribution in [3.05, 3.63) is 40.0 Å². The number of benzene rings is 1. The molecule has 3 nitrogen and oxygen atoms in total. The van der Waals surface area contributed by atoms with Crippen LogP contribution in [-0.4, -0.2) is 11.8 Å². The van der Waals surface area contributed by atoms with Crippen LogP contribution in [0.4, 0.5) is 5.69 Å². The highest BCUT2D eigenvalue weighted by Gasteiger charge is 2.67. The smallest absolute Gasteiger partial charge is 0.241 e. The molecule has 2 amide bonds. The molecule has 0 N–H and O–H groups in total. The zero-order chi connectivity index (χ0) is 14.1. The molecule has 2 fully saturated rings. The largest absolute Gasteiger partial charge is 0.274 e. The summed E-state index contributed by atoms with van der Waals surface area (Å²) >= 11 is 2.22. The van der Waals surface area contributed by atoms with Gasteiger partial charge in [0.2, 0.25) is 11.8 Å². The number of hydrogen-bond donors (Lipinski definition) is 0. The minimum atomic E-state index is -0.528. The first kappa shape index (κ1) is 12.6. The van der Waals surface area contributed by atoms with Gasteiger partial charge in [-0.15, -0.1) is 0 Å². The average molecular weight is 379 g/mol. The number of rotatable bonds is 1. The van der Waals surface area contributed by atoms with Crippen LogP contribution in [0.1, 0.15) is 13.3 Å². The predicted octanol–water partition coefficient (Wildman–Crippen LogP) is 2.99. The molecule has 0 aromatic heterocycles. The Labute approximate surface area is 131 Å². The highest BCUT2D eigenvalue weighted by molar-refractivity contribution is 14.1. The molecule has 1 heterocycles. The number of carbonyl (C=O) groups excluding carboxylic acids is 2. The van der Waals surface area contributed by atoms with Crippen LogP contribution in [0.5, 0.6) is 0 Å². The van der Waals surface area contributed by atoms with Gasteiger partial charge in [-0.1, -0.05) is 12.2 Å². The van der Waals surface area contributed by atoms with Crippen LogP contribution in [0.3, 0.4) is 0 Å². The molecule has 1 aliphatic heterocycles. The van der Waals surface area contributed by atoms with E-state index in [-0.39, 0.29) is 29.6 Å². The van der Waals surface area contributed by atoms with Crippen LogP contribution in [0.15, 0.2) is 36.4 Å². The molecule has 4 atom stereocenters. The maximum absolute atomic E-state index is 12.9. The van der Waals surface area contributed by atoms with Crippen molar-refractivity contribution < 1.29 is 9.59 Å². The first-order chi connectivity index (χ1) is 9.53. The summed E-state index contributed by atoms with van der Waals surface area (Å²) in [5, 5.41) is 0. The fraction of sp³-hybridized carbons (Fsp3) is 0.375. The Hall–Kier alpha value is -1.17. The van der Waals surface area contributed by atoms with Gasteiger partial charge in [0.15, 0.2) is 0 Å². The summed E-state index contributed by atoms with van der Waals surface area (Å²) in [6, 6.07) is 7.58. The van der Waals surface area contributed by atoms with Gasteiger partial charge in [0.25, 0.3) is 0 Å². The first-order valence-electron chi connectivity index (χ1n) is 6.86. The molecular weight excluding hydrogens is 365 g/mol. The van der Waals surface area contributed by atoms with Crippen molar-refractivity contribution in [2.45, 2.75) is 13.3 Å². The molecule has 1 saturated heterocycles. The monoisotopic (exact) mass is 379 g/mol. The fourth-order valence-electron chi connectivity index (χ4n) is 4.14. The third kappa shape index (κ3) is 1.35. The molecule has 1 aromatic carbocycles. The van der Waals surface area contributed by atoms with Gasteiger partial charge in [-0.05, 0) is 72.0 Å². The molecule has 1 saturated carbocycles. The van der Waals surface area contributed by atoms with Crippen molar-refractivity contribution in [3.8, 4) is 0 Å². The second-order valence-corrected chi connectivity index (χ2v) is 7.35. The summed E-state index contributed by atoms with van der Waals surface area (Å²) in [7, 11) is 0. The molecule has 0 spiro atoms. The van der Waals surface area contributed by atoms with Gasteiger partial charge in [-0.3, -0.25) is 9.59 Å². The summed E-state index contributed by atoms with van der Waals surface area (Å²) in [6.45, 7) is 1.97. The van der Waals surface area contributed by atoms with Gasteiger partial charge in [-0.25, -0.2) is 4.90 Å². The lowest BCUT2D eigenvalue weighted by molar-refractivity contribution is -0.127. The van der Waals surface area contributed by atoms with Crippen molar-refractivity contribution in [3.63, 3.8) is 0 Å². The quantitative estimate of drug-likeness (QED) is 0.428. The average Bonchev–Trinajstić information content (AvgIpc) is 3.05. The number of amides is 2. The lowest BCUT2D eigenvalue weighted by Crippen LogP contribution is -2.37. The summed E-state index contributed by atoms with van der Waals surface area (Å²) in [5.74, 6) is 0.267. The van der Waals surface area contributed by atoms with Crippen molar-refractivity contribution in [1.82, 2.24) is 0 Å². The molecule has 1 aromatic rings. The summed E-state index contributed by atoms with van der Waals surface area (Å²) in [4.78, 5) is 27.0. The molecule has 0 unspecified atom stereocenters. The third-order valence-electron chi connectivity index (χ3n) is 5.20. The lowest BCUT2D eigenvalue weighted by atomic mass is 9.71. The fourth-order valence-corrected chi connectivity index (χ4v) is 4.50. The highest BCUT2D eigenvalue weighted by Crippen LogP contribution is 2.60. The van der Waals surface area contributed by atoms with E-state index in [1.807, 2.05) is 31.2 Å². The Bertz CT molecular complexity index is 651. The van der Waals surface area contributed by atoms with Crippen LogP contribution >= 0.6 is 22.6 Å². The molecule has 3 aliphatic rings.